The van der Waals surface area contributed by atoms with Gasteiger partial charge >= 0.3 is 207 Å². The molecule has 32 heavy (non-hydrogen) atoms. The first-order valence-electron chi connectivity index (χ1n) is 11.4. The van der Waals surface area contributed by atoms with Crippen molar-refractivity contribution in [2.45, 2.75) is 85.9 Å². The number of allylic oxidation sites excluding steroid dienone is 6. The van der Waals surface area contributed by atoms with Crippen molar-refractivity contribution in [3.63, 3.8) is 0 Å². The Kier molecular flexibility index (Phi) is 11.1. The van der Waals surface area contributed by atoms with E-state index in [9.17, 15) is 0 Å². The topological polar surface area (TPSA) is 27.7 Å². The van der Waals surface area contributed by atoms with Crippen LogP contribution in [-0.4, -0.2) is 46.3 Å². The molecule has 0 bridgehead atoms. The van der Waals surface area contributed by atoms with Gasteiger partial charge in [0, 0.05) is 0 Å². The second-order valence-corrected chi connectivity index (χ2v) is 34.6. The van der Waals surface area contributed by atoms with Crippen LogP contribution in [-0.2, 0) is 29.3 Å². The van der Waals surface area contributed by atoms with E-state index in [1.54, 1.807) is 41.3 Å². The molecule has 1 rings (SSSR count). The van der Waals surface area contributed by atoms with Crippen LogP contribution >= 0.6 is 0 Å². The number of hydrogen-bond donors (Lipinski definition) is 0. The van der Waals surface area contributed by atoms with E-state index in [2.05, 4.69) is 74.4 Å². The van der Waals surface area contributed by atoms with Gasteiger partial charge in [-0.15, -0.1) is 0 Å². The summed E-state index contributed by atoms with van der Waals surface area (Å²) >= 11 is -2.04. The maximum absolute atomic E-state index is 6.12. The van der Waals surface area contributed by atoms with Crippen LogP contribution in [0.5, 0.6) is 0 Å². The molecule has 0 saturated heterocycles. The third-order valence-corrected chi connectivity index (χ3v) is 22.2. The van der Waals surface area contributed by atoms with Crippen molar-refractivity contribution in [3.8, 4) is 0 Å². The fourth-order valence-corrected chi connectivity index (χ4v) is 23.6. The van der Waals surface area contributed by atoms with E-state index in [1.807, 2.05) is 0 Å². The van der Waals surface area contributed by atoms with Gasteiger partial charge in [-0.2, -0.15) is 0 Å². The third-order valence-electron chi connectivity index (χ3n) is 6.68. The molecule has 1 atom stereocenters. The second-order valence-electron chi connectivity index (χ2n) is 10.6. The zero-order valence-corrected chi connectivity index (χ0v) is 28.0. The van der Waals surface area contributed by atoms with Gasteiger partial charge in [-0.05, 0) is 0 Å². The van der Waals surface area contributed by atoms with Gasteiger partial charge in [0.2, 0.25) is 0 Å². The fourth-order valence-electron chi connectivity index (χ4n) is 5.24. The zero-order chi connectivity index (χ0) is 25.0. The molecule has 0 aromatic heterocycles. The minimum atomic E-state index is -2.85. The van der Waals surface area contributed by atoms with Gasteiger partial charge in [-0.1, -0.05) is 0 Å². The summed E-state index contributed by atoms with van der Waals surface area (Å²) in [5.74, 6) is 0. The first kappa shape index (κ1) is 30.2. The van der Waals surface area contributed by atoms with Gasteiger partial charge < -0.3 is 0 Å². The van der Waals surface area contributed by atoms with Gasteiger partial charge in [0.15, 0.2) is 0 Å². The monoisotopic (exact) mass is 677 g/mol. The summed E-state index contributed by atoms with van der Waals surface area (Å²) in [6.45, 7) is 20.8. The van der Waals surface area contributed by atoms with Crippen LogP contribution in [0.4, 0.5) is 0 Å². The van der Waals surface area contributed by atoms with Crippen LogP contribution in [0.3, 0.4) is 0 Å². The van der Waals surface area contributed by atoms with Crippen LogP contribution in [0, 0.1) is 0 Å². The van der Waals surface area contributed by atoms with E-state index >= 15 is 0 Å². The summed E-state index contributed by atoms with van der Waals surface area (Å²) < 4.78 is 20.2. The molecule has 0 saturated carbocycles. The molecular formula is C25H50O3PtSi3. The quantitative estimate of drug-likeness (QED) is 0.137. The van der Waals surface area contributed by atoms with Gasteiger partial charge in [-0.25, -0.2) is 0 Å². The SMILES string of the molecule is C=CC[Si](C)(C)C1=C(C(CCC)[Si](OC)(OC)OC)C[C]([Pt]([CH3])([CH3])[CH3])=C1[Si](C)(C)CC=C. The van der Waals surface area contributed by atoms with Crippen LogP contribution in [0.25, 0.3) is 0 Å². The molecule has 0 fully saturated rings. The van der Waals surface area contributed by atoms with Crippen molar-refractivity contribution in [2.24, 2.45) is 0 Å². The number of hydrogen-bond acceptors (Lipinski definition) is 3. The Bertz CT molecular complexity index is 736. The maximum atomic E-state index is 6.12. The summed E-state index contributed by atoms with van der Waals surface area (Å²) in [6, 6.07) is 2.22. The molecule has 1 aliphatic carbocycles. The predicted molar refractivity (Wildman–Crippen MR) is 147 cm³/mol. The Labute approximate surface area is 206 Å². The van der Waals surface area contributed by atoms with Crippen LogP contribution in [0.2, 0.25) is 59.8 Å². The summed E-state index contributed by atoms with van der Waals surface area (Å²) in [5.41, 5.74) is 1.81. The molecule has 1 unspecified atom stereocenters. The molecule has 0 aliphatic heterocycles. The molecule has 1 aliphatic rings. The molecule has 0 spiro atoms. The summed E-state index contributed by atoms with van der Waals surface area (Å²) in [6.07, 6.45) is 7.53. The Balaban J connectivity index is 4.08. The van der Waals surface area contributed by atoms with E-state index in [0.29, 0.717) is 0 Å². The molecule has 190 valence electrons. The van der Waals surface area contributed by atoms with Gasteiger partial charge in [0.05, 0.1) is 0 Å². The fraction of sp³-hybridized carbons (Fsp3) is 0.680. The first-order chi connectivity index (χ1) is 14.7. The van der Waals surface area contributed by atoms with Gasteiger partial charge in [-0.3, -0.25) is 0 Å². The molecule has 3 nitrogen and oxygen atoms in total. The molecule has 0 aromatic rings. The average Bonchev–Trinajstić information content (AvgIpc) is 3.11. The predicted octanol–water partition coefficient (Wildman–Crippen LogP) is 8.15. The zero-order valence-electron chi connectivity index (χ0n) is 22.7. The third kappa shape index (κ3) is 6.24. The van der Waals surface area contributed by atoms with Crippen molar-refractivity contribution in [1.82, 2.24) is 0 Å². The Hall–Kier alpha value is 0.179. The van der Waals surface area contributed by atoms with E-state index in [0.717, 1.165) is 31.4 Å². The van der Waals surface area contributed by atoms with E-state index in [1.165, 1.54) is 0 Å². The normalized spacial score (nSPS) is 17.7. The Morgan fingerprint density at radius 1 is 0.875 bits per heavy atom. The van der Waals surface area contributed by atoms with Crippen LogP contribution < -0.4 is 0 Å². The van der Waals surface area contributed by atoms with Crippen LogP contribution in [0.1, 0.15) is 26.2 Å². The minimum absolute atomic E-state index is 0.212. The molecule has 0 aromatic carbocycles. The standard InChI is InChI=1S/C22H41O3Si3.3CH3.Pt/c1-11-14-20(28(23-4,24-5)25-6)19-15-16-21(26(7,8)17-12-2)22(19)27(9,10)18-13-3;;;;/h12-13,20H,2-3,11,14-15,17-18H2,1,4-10H3;3*1H3;. The Morgan fingerprint density at radius 2 is 1.31 bits per heavy atom. The van der Waals surface area contributed by atoms with E-state index < -0.39 is 41.0 Å². The van der Waals surface area contributed by atoms with E-state index in [-0.39, 0.29) is 5.54 Å². The second kappa shape index (κ2) is 11.7. The first-order valence-corrected chi connectivity index (χ1v) is 27.6. The summed E-state index contributed by atoms with van der Waals surface area (Å²) in [4.78, 5) is 0. The van der Waals surface area contributed by atoms with Gasteiger partial charge in [0.25, 0.3) is 0 Å². The molecular weight excluding hydrogens is 628 g/mol. The van der Waals surface area contributed by atoms with Crippen LogP contribution in [0.15, 0.2) is 45.2 Å². The molecule has 0 amide bonds. The van der Waals surface area contributed by atoms with Crippen molar-refractivity contribution in [1.29, 1.82) is 0 Å². The molecule has 0 heterocycles. The van der Waals surface area contributed by atoms with Crippen molar-refractivity contribution >= 4 is 25.0 Å². The average molecular weight is 678 g/mol. The van der Waals surface area contributed by atoms with Crippen molar-refractivity contribution in [2.75, 3.05) is 21.3 Å². The molecule has 7 heteroatoms. The van der Waals surface area contributed by atoms with Crippen molar-refractivity contribution in [3.05, 3.63) is 45.2 Å². The van der Waals surface area contributed by atoms with Crippen molar-refractivity contribution < 1.29 is 29.3 Å². The Morgan fingerprint density at radius 3 is 1.66 bits per heavy atom. The summed E-state index contributed by atoms with van der Waals surface area (Å²) in [5, 5.41) is 11.2. The summed E-state index contributed by atoms with van der Waals surface area (Å²) in [7, 11) is -1.00. The van der Waals surface area contributed by atoms with Gasteiger partial charge in [0.1, 0.15) is 0 Å². The molecule has 0 N–H and O–H groups in total. The number of rotatable bonds is 14. The molecule has 0 radical (unpaired) electrons. The van der Waals surface area contributed by atoms with E-state index in [4.69, 9.17) is 13.3 Å².